The Morgan fingerprint density at radius 2 is 2.09 bits per heavy atom. The van der Waals surface area contributed by atoms with Crippen molar-refractivity contribution in [1.29, 1.82) is 0 Å². The first kappa shape index (κ1) is 19.4. The molecule has 1 heterocycles. The van der Waals surface area contributed by atoms with E-state index >= 15 is 0 Å². The number of carbonyl (C=O) groups is 2. The van der Waals surface area contributed by atoms with Gasteiger partial charge in [0, 0.05) is 17.5 Å². The molecule has 0 bridgehead atoms. The Kier molecular flexibility index (Phi) is 7.49. The highest BCUT2D eigenvalue weighted by Crippen LogP contribution is 2.21. The molecule has 2 N–H and O–H groups in total. The van der Waals surface area contributed by atoms with Gasteiger partial charge in [0.15, 0.2) is 5.78 Å². The van der Waals surface area contributed by atoms with Gasteiger partial charge in [-0.05, 0) is 42.0 Å². The Hall–Kier alpha value is -1.62. The molecular weight excluding hydrogens is 356 g/mol. The number of aromatic nitrogens is 1. The molecule has 0 aliphatic carbocycles. The van der Waals surface area contributed by atoms with Gasteiger partial charge in [0.2, 0.25) is 5.91 Å². The van der Waals surface area contributed by atoms with Gasteiger partial charge in [-0.25, -0.2) is 0 Å². The molecule has 5 heteroatoms. The lowest BCUT2D eigenvalue weighted by Gasteiger charge is -2.21. The summed E-state index contributed by atoms with van der Waals surface area (Å²) in [5, 5.41) is 2.86. The van der Waals surface area contributed by atoms with Crippen LogP contribution in [-0.4, -0.2) is 22.7 Å². The van der Waals surface area contributed by atoms with E-state index < -0.39 is 6.04 Å². The zero-order valence-electron chi connectivity index (χ0n) is 14.2. The monoisotopic (exact) mass is 380 g/mol. The highest BCUT2D eigenvalue weighted by molar-refractivity contribution is 9.11. The number of hydrogen-bond donors (Lipinski definition) is 2. The number of H-pyrrole nitrogens is 1. The molecule has 0 radical (unpaired) electrons. The molecule has 1 amide bonds. The van der Waals surface area contributed by atoms with Gasteiger partial charge in [0.25, 0.3) is 0 Å². The first-order chi connectivity index (χ1) is 10.8. The maximum Gasteiger partial charge on any atom is 0.225 e. The van der Waals surface area contributed by atoms with Gasteiger partial charge in [-0.3, -0.25) is 9.59 Å². The molecule has 0 aliphatic rings. The van der Waals surface area contributed by atoms with Gasteiger partial charge >= 0.3 is 0 Å². The molecule has 1 aromatic rings. The largest absolute Gasteiger partial charge is 0.361 e. The van der Waals surface area contributed by atoms with Crippen LogP contribution >= 0.6 is 15.9 Å². The van der Waals surface area contributed by atoms with Crippen LogP contribution < -0.4 is 5.32 Å². The van der Waals surface area contributed by atoms with E-state index in [9.17, 15) is 9.59 Å². The Bertz CT molecular complexity index is 613. The summed E-state index contributed by atoms with van der Waals surface area (Å²) in [4.78, 5) is 27.2. The molecule has 0 aromatic carbocycles. The lowest BCUT2D eigenvalue weighted by Crippen LogP contribution is -2.44. The Balaban J connectivity index is 2.93. The predicted molar refractivity (Wildman–Crippen MR) is 99.2 cm³/mol. The summed E-state index contributed by atoms with van der Waals surface area (Å²) < 4.78 is 0.961. The van der Waals surface area contributed by atoms with Crippen molar-refractivity contribution < 1.29 is 9.59 Å². The topological polar surface area (TPSA) is 62.0 Å². The fraction of sp³-hybridized carbons (Fsp3) is 0.444. The van der Waals surface area contributed by atoms with E-state index in [0.29, 0.717) is 0 Å². The minimum atomic E-state index is -0.429. The van der Waals surface area contributed by atoms with E-state index in [1.807, 2.05) is 33.0 Å². The molecule has 4 nitrogen and oxygen atoms in total. The number of rotatable bonds is 8. The third-order valence-electron chi connectivity index (χ3n) is 3.90. The third kappa shape index (κ3) is 5.50. The van der Waals surface area contributed by atoms with E-state index in [2.05, 4.69) is 32.8 Å². The second kappa shape index (κ2) is 8.87. The van der Waals surface area contributed by atoms with E-state index in [4.69, 9.17) is 0 Å². The van der Waals surface area contributed by atoms with Crippen molar-refractivity contribution >= 4 is 39.8 Å². The van der Waals surface area contributed by atoms with Crippen LogP contribution in [0, 0.1) is 5.92 Å². The van der Waals surface area contributed by atoms with Crippen molar-refractivity contribution in [3.63, 3.8) is 0 Å². The molecule has 1 unspecified atom stereocenters. The van der Waals surface area contributed by atoms with Gasteiger partial charge in [0.05, 0.1) is 12.5 Å². The van der Waals surface area contributed by atoms with E-state index in [1.54, 1.807) is 6.08 Å². The average Bonchev–Trinajstić information content (AvgIpc) is 2.85. The molecule has 0 saturated heterocycles. The molecule has 0 spiro atoms. The van der Waals surface area contributed by atoms with Crippen molar-refractivity contribution in [2.24, 2.45) is 5.92 Å². The van der Waals surface area contributed by atoms with Gasteiger partial charge in [-0.1, -0.05) is 42.8 Å². The number of ketones is 1. The fourth-order valence-electron chi connectivity index (χ4n) is 2.46. The highest BCUT2D eigenvalue weighted by Gasteiger charge is 2.23. The predicted octanol–water partition coefficient (Wildman–Crippen LogP) is 4.08. The maximum atomic E-state index is 12.3. The van der Waals surface area contributed by atoms with Gasteiger partial charge < -0.3 is 10.3 Å². The highest BCUT2D eigenvalue weighted by atomic mass is 79.9. The summed E-state index contributed by atoms with van der Waals surface area (Å²) >= 11 is 3.42. The SMILES string of the molecule is C=Cc1[nH]cc(CC(=O)NC(C(C)=O)[C@@H](C)CC)c1/C=C(\C)Br. The Morgan fingerprint density at radius 1 is 1.43 bits per heavy atom. The van der Waals surface area contributed by atoms with Gasteiger partial charge in [0.1, 0.15) is 0 Å². The quantitative estimate of drug-likeness (QED) is 0.713. The molecule has 2 atom stereocenters. The number of hydrogen-bond acceptors (Lipinski definition) is 2. The first-order valence-electron chi connectivity index (χ1n) is 7.76. The van der Waals surface area contributed by atoms with Crippen LogP contribution in [0.15, 0.2) is 17.3 Å². The number of carbonyl (C=O) groups excluding carboxylic acids is 2. The number of halogens is 1. The number of amides is 1. The maximum absolute atomic E-state index is 12.3. The lowest BCUT2D eigenvalue weighted by atomic mass is 9.95. The van der Waals surface area contributed by atoms with Crippen LogP contribution in [0.4, 0.5) is 0 Å². The van der Waals surface area contributed by atoms with Crippen LogP contribution in [0.2, 0.25) is 0 Å². The molecule has 0 saturated carbocycles. The molecule has 0 aliphatic heterocycles. The molecule has 1 aromatic heterocycles. The minimum Gasteiger partial charge on any atom is -0.361 e. The minimum absolute atomic E-state index is 0.00929. The van der Waals surface area contributed by atoms with E-state index in [-0.39, 0.29) is 24.0 Å². The van der Waals surface area contributed by atoms with E-state index in [1.165, 1.54) is 6.92 Å². The summed E-state index contributed by atoms with van der Waals surface area (Å²) in [6.07, 6.45) is 6.54. The Morgan fingerprint density at radius 3 is 2.57 bits per heavy atom. The molecular formula is C18H25BrN2O2. The summed E-state index contributed by atoms with van der Waals surface area (Å²) in [5.74, 6) is -0.0393. The van der Waals surface area contributed by atoms with Gasteiger partial charge in [-0.15, -0.1) is 0 Å². The lowest BCUT2D eigenvalue weighted by molar-refractivity contribution is -0.127. The van der Waals surface area contributed by atoms with Crippen LogP contribution in [-0.2, 0) is 16.0 Å². The average molecular weight is 381 g/mol. The van der Waals surface area contributed by atoms with Gasteiger partial charge in [-0.2, -0.15) is 0 Å². The standard InChI is InChI=1S/C18H25BrN2O2/c1-6-11(3)18(13(5)22)21-17(23)9-14-10-20-16(7-2)15(14)8-12(4)19/h7-8,10-11,18,20H,2,6,9H2,1,3-5H3,(H,21,23)/b12-8+/t11-,18?/m0/s1. The second-order valence-electron chi connectivity index (χ2n) is 5.79. The third-order valence-corrected chi connectivity index (χ3v) is 4.13. The normalized spacial score (nSPS) is 14.2. The summed E-state index contributed by atoms with van der Waals surface area (Å²) in [6.45, 7) is 11.2. The second-order valence-corrected chi connectivity index (χ2v) is 7.05. The smallest absolute Gasteiger partial charge is 0.225 e. The molecule has 23 heavy (non-hydrogen) atoms. The van der Waals surface area contributed by atoms with Crippen molar-refractivity contribution in [2.75, 3.05) is 0 Å². The number of allylic oxidation sites excluding steroid dienone is 1. The fourth-order valence-corrected chi connectivity index (χ4v) is 2.68. The first-order valence-corrected chi connectivity index (χ1v) is 8.55. The number of nitrogens with one attached hydrogen (secondary N) is 2. The van der Waals surface area contributed by atoms with Crippen LogP contribution in [0.3, 0.4) is 0 Å². The van der Waals surface area contributed by atoms with Crippen molar-refractivity contribution in [2.45, 2.75) is 46.6 Å². The van der Waals surface area contributed by atoms with Crippen LogP contribution in [0.1, 0.15) is 50.9 Å². The Labute approximate surface area is 146 Å². The van der Waals surface area contributed by atoms with Crippen LogP contribution in [0.25, 0.3) is 12.2 Å². The van der Waals surface area contributed by atoms with Crippen LogP contribution in [0.5, 0.6) is 0 Å². The van der Waals surface area contributed by atoms with E-state index in [0.717, 1.165) is 27.7 Å². The summed E-state index contributed by atoms with van der Waals surface area (Å²) in [7, 11) is 0. The molecule has 126 valence electrons. The van der Waals surface area contributed by atoms with Crippen molar-refractivity contribution in [1.82, 2.24) is 10.3 Å². The molecule has 0 fully saturated rings. The summed E-state index contributed by atoms with van der Waals surface area (Å²) in [5.41, 5.74) is 2.69. The number of aromatic amines is 1. The summed E-state index contributed by atoms with van der Waals surface area (Å²) in [6, 6.07) is -0.429. The zero-order chi connectivity index (χ0) is 17.6. The van der Waals surface area contributed by atoms with Crippen molar-refractivity contribution in [3.05, 3.63) is 34.1 Å². The number of Topliss-reactive ketones (excluding diaryl/α,β-unsaturated/α-hetero) is 1. The van der Waals surface area contributed by atoms with Crippen molar-refractivity contribution in [3.8, 4) is 0 Å². The molecule has 1 rings (SSSR count). The zero-order valence-corrected chi connectivity index (χ0v) is 15.8.